The van der Waals surface area contributed by atoms with Gasteiger partial charge in [-0.2, -0.15) is 0 Å². The number of nitrogens with zero attached hydrogens (tertiary/aromatic N) is 2. The molecule has 0 spiro atoms. The number of aryl methyl sites for hydroxylation is 1. The van der Waals surface area contributed by atoms with Gasteiger partial charge in [-0.3, -0.25) is 0 Å². The van der Waals surface area contributed by atoms with Crippen LogP contribution in [0.2, 0.25) is 0 Å². The van der Waals surface area contributed by atoms with Crippen molar-refractivity contribution >= 4 is 11.0 Å². The van der Waals surface area contributed by atoms with E-state index in [4.69, 9.17) is 0 Å². The van der Waals surface area contributed by atoms with Crippen LogP contribution in [0.3, 0.4) is 0 Å². The van der Waals surface area contributed by atoms with Gasteiger partial charge in [-0.25, -0.2) is 4.98 Å². The molecule has 0 N–H and O–H groups in total. The largest absolute Gasteiger partial charge is 0.334 e. The van der Waals surface area contributed by atoms with Gasteiger partial charge >= 0.3 is 0 Å². The van der Waals surface area contributed by atoms with Crippen LogP contribution in [0.5, 0.6) is 0 Å². The summed E-state index contributed by atoms with van der Waals surface area (Å²) in [5.41, 5.74) is 6.93. The molecule has 1 aliphatic rings. The van der Waals surface area contributed by atoms with Crippen molar-refractivity contribution < 1.29 is 0 Å². The molecule has 1 heterocycles. The Morgan fingerprint density at radius 2 is 1.81 bits per heavy atom. The maximum absolute atomic E-state index is 4.65. The van der Waals surface area contributed by atoms with Gasteiger partial charge in [-0.05, 0) is 34.6 Å². The van der Waals surface area contributed by atoms with Crippen LogP contribution in [0, 0.1) is 0 Å². The summed E-state index contributed by atoms with van der Waals surface area (Å²) in [4.78, 5) is 4.65. The molecule has 106 valence electrons. The van der Waals surface area contributed by atoms with Gasteiger partial charge < -0.3 is 4.57 Å². The Morgan fingerprint density at radius 1 is 1.05 bits per heavy atom. The molecule has 21 heavy (non-hydrogen) atoms. The fraction of sp³-hybridized carbons (Fsp3) is 0.316. The van der Waals surface area contributed by atoms with Crippen molar-refractivity contribution in [3.8, 4) is 0 Å². The first-order valence-corrected chi connectivity index (χ1v) is 7.57. The molecule has 0 fully saturated rings. The van der Waals surface area contributed by atoms with Crippen LogP contribution >= 0.6 is 0 Å². The van der Waals surface area contributed by atoms with Crippen LogP contribution in [0.4, 0.5) is 0 Å². The molecule has 0 amide bonds. The summed E-state index contributed by atoms with van der Waals surface area (Å²) in [5, 5.41) is 0. The van der Waals surface area contributed by atoms with Gasteiger partial charge in [-0.1, -0.05) is 50.2 Å². The number of hydrogen-bond donors (Lipinski definition) is 0. The van der Waals surface area contributed by atoms with Crippen LogP contribution in [-0.4, -0.2) is 9.55 Å². The highest BCUT2D eigenvalue weighted by Crippen LogP contribution is 2.49. The average Bonchev–Trinajstić information content (AvgIpc) is 2.99. The predicted octanol–water partition coefficient (Wildman–Crippen LogP) is 4.39. The fourth-order valence-electron chi connectivity index (χ4n) is 3.89. The van der Waals surface area contributed by atoms with Crippen LogP contribution in [0.1, 0.15) is 42.9 Å². The minimum atomic E-state index is 0.234. The second-order valence-corrected chi connectivity index (χ2v) is 6.80. The monoisotopic (exact) mass is 276 g/mol. The molecule has 3 aromatic rings. The zero-order chi connectivity index (χ0) is 14.6. The molecule has 0 aliphatic heterocycles. The normalized spacial score (nSPS) is 19.9. The molecule has 0 radical (unpaired) electrons. The first kappa shape index (κ1) is 12.6. The minimum Gasteiger partial charge on any atom is -0.334 e. The lowest BCUT2D eigenvalue weighted by atomic mass is 9.85. The summed E-state index contributed by atoms with van der Waals surface area (Å²) in [7, 11) is 2.06. The second kappa shape index (κ2) is 4.20. The van der Waals surface area contributed by atoms with E-state index in [0.717, 1.165) is 11.9 Å². The van der Waals surface area contributed by atoms with Gasteiger partial charge in [0.05, 0.1) is 17.4 Å². The third kappa shape index (κ3) is 1.75. The lowest BCUT2D eigenvalue weighted by molar-refractivity contribution is 0.500. The molecule has 0 bridgehead atoms. The molecule has 0 saturated heterocycles. The quantitative estimate of drug-likeness (QED) is 0.644. The summed E-state index contributed by atoms with van der Waals surface area (Å²) >= 11 is 0. The number of imidazole rings is 1. The van der Waals surface area contributed by atoms with Crippen molar-refractivity contribution in [2.45, 2.75) is 31.6 Å². The second-order valence-electron chi connectivity index (χ2n) is 6.80. The minimum absolute atomic E-state index is 0.234. The van der Waals surface area contributed by atoms with Gasteiger partial charge in [0.15, 0.2) is 0 Å². The highest BCUT2D eigenvalue weighted by Gasteiger charge is 2.37. The number of hydrogen-bond acceptors (Lipinski definition) is 1. The number of benzene rings is 2. The van der Waals surface area contributed by atoms with Crippen molar-refractivity contribution in [2.24, 2.45) is 7.05 Å². The maximum atomic E-state index is 4.65. The summed E-state index contributed by atoms with van der Waals surface area (Å²) in [6.45, 7) is 4.70. The Balaban J connectivity index is 1.95. The van der Waals surface area contributed by atoms with Gasteiger partial charge in [-0.15, -0.1) is 0 Å². The van der Waals surface area contributed by atoms with Crippen LogP contribution < -0.4 is 0 Å². The van der Waals surface area contributed by atoms with Gasteiger partial charge in [0.1, 0.15) is 0 Å². The topological polar surface area (TPSA) is 17.8 Å². The van der Waals surface area contributed by atoms with E-state index in [1.807, 2.05) is 6.33 Å². The van der Waals surface area contributed by atoms with E-state index in [1.165, 1.54) is 22.2 Å². The number of aromatic nitrogens is 2. The summed E-state index contributed by atoms with van der Waals surface area (Å²) in [5.74, 6) is 0.454. The fourth-order valence-corrected chi connectivity index (χ4v) is 3.89. The van der Waals surface area contributed by atoms with Crippen molar-refractivity contribution in [1.82, 2.24) is 9.55 Å². The van der Waals surface area contributed by atoms with Gasteiger partial charge in [0.25, 0.3) is 0 Å². The highest BCUT2D eigenvalue weighted by molar-refractivity contribution is 5.80. The van der Waals surface area contributed by atoms with E-state index in [2.05, 4.69) is 72.9 Å². The molecule has 2 nitrogen and oxygen atoms in total. The number of rotatable bonds is 1. The molecule has 1 aliphatic carbocycles. The molecule has 4 rings (SSSR count). The van der Waals surface area contributed by atoms with Gasteiger partial charge in [0.2, 0.25) is 0 Å². The Hall–Kier alpha value is -2.09. The molecule has 1 unspecified atom stereocenters. The summed E-state index contributed by atoms with van der Waals surface area (Å²) < 4.78 is 2.10. The lowest BCUT2D eigenvalue weighted by Crippen LogP contribution is -2.12. The third-order valence-corrected chi connectivity index (χ3v) is 4.94. The Kier molecular flexibility index (Phi) is 2.53. The van der Waals surface area contributed by atoms with E-state index in [-0.39, 0.29) is 5.41 Å². The highest BCUT2D eigenvalue weighted by atomic mass is 15.0. The Bertz CT molecular complexity index is 826. The van der Waals surface area contributed by atoms with Crippen LogP contribution in [0.15, 0.2) is 48.8 Å². The van der Waals surface area contributed by atoms with E-state index < -0.39 is 0 Å². The van der Waals surface area contributed by atoms with Crippen molar-refractivity contribution in [3.05, 3.63) is 65.5 Å². The number of fused-ring (bicyclic) bond motifs is 2. The first-order chi connectivity index (χ1) is 10.1. The predicted molar refractivity (Wildman–Crippen MR) is 86.6 cm³/mol. The molecule has 2 aromatic carbocycles. The van der Waals surface area contributed by atoms with E-state index in [0.29, 0.717) is 5.92 Å². The standard InChI is InChI=1S/C19H20N2/c1-19(2)11-15(13-7-4-5-9-16(13)19)14-8-6-10-17-18(14)20-12-21(17)3/h4-10,12,15H,11H2,1-3H3. The van der Waals surface area contributed by atoms with Crippen LogP contribution in [0.25, 0.3) is 11.0 Å². The molecule has 2 heteroatoms. The smallest absolute Gasteiger partial charge is 0.0955 e. The van der Waals surface area contributed by atoms with Crippen molar-refractivity contribution in [1.29, 1.82) is 0 Å². The van der Waals surface area contributed by atoms with E-state index in [1.54, 1.807) is 0 Å². The average molecular weight is 276 g/mol. The zero-order valence-corrected chi connectivity index (χ0v) is 12.8. The van der Waals surface area contributed by atoms with E-state index in [9.17, 15) is 0 Å². The molecular weight excluding hydrogens is 256 g/mol. The Morgan fingerprint density at radius 3 is 2.67 bits per heavy atom. The van der Waals surface area contributed by atoms with Crippen molar-refractivity contribution in [2.75, 3.05) is 0 Å². The SMILES string of the molecule is Cn1cnc2c(C3CC(C)(C)c4ccccc43)cccc21. The Labute approximate surface area is 125 Å². The van der Waals surface area contributed by atoms with E-state index >= 15 is 0 Å². The number of para-hydroxylation sites is 1. The lowest BCUT2D eigenvalue weighted by Gasteiger charge is -2.19. The maximum Gasteiger partial charge on any atom is 0.0955 e. The summed E-state index contributed by atoms with van der Waals surface area (Å²) in [6, 6.07) is 15.4. The summed E-state index contributed by atoms with van der Waals surface area (Å²) in [6.07, 6.45) is 3.07. The van der Waals surface area contributed by atoms with Crippen LogP contribution in [-0.2, 0) is 12.5 Å². The molecular formula is C19H20N2. The zero-order valence-electron chi connectivity index (χ0n) is 12.8. The first-order valence-electron chi connectivity index (χ1n) is 7.57. The molecule has 1 aromatic heterocycles. The van der Waals surface area contributed by atoms with Gasteiger partial charge in [0, 0.05) is 13.0 Å². The third-order valence-electron chi connectivity index (χ3n) is 4.94. The molecule has 0 saturated carbocycles. The molecule has 1 atom stereocenters. The van der Waals surface area contributed by atoms with Crippen molar-refractivity contribution in [3.63, 3.8) is 0 Å².